The van der Waals surface area contributed by atoms with Crippen LogP contribution in [-0.4, -0.2) is 18.1 Å². The Morgan fingerprint density at radius 1 is 1.33 bits per heavy atom. The first-order chi connectivity index (χ1) is 10.2. The lowest BCUT2D eigenvalue weighted by Gasteiger charge is -2.25. The number of carbonyl (C=O) groups is 1. The first kappa shape index (κ1) is 14.4. The van der Waals surface area contributed by atoms with Gasteiger partial charge in [-0.3, -0.25) is 4.79 Å². The summed E-state index contributed by atoms with van der Waals surface area (Å²) in [7, 11) is 0. The van der Waals surface area contributed by atoms with Gasteiger partial charge in [0, 0.05) is 6.04 Å². The van der Waals surface area contributed by atoms with E-state index in [4.69, 9.17) is 4.74 Å². The molecule has 0 heterocycles. The maximum Gasteiger partial charge on any atom is 0.261 e. The summed E-state index contributed by atoms with van der Waals surface area (Å²) in [5.41, 5.74) is 1.15. The fourth-order valence-corrected chi connectivity index (χ4v) is 3.88. The van der Waals surface area contributed by atoms with Crippen molar-refractivity contribution in [2.24, 2.45) is 11.8 Å². The second kappa shape index (κ2) is 6.08. The summed E-state index contributed by atoms with van der Waals surface area (Å²) in [6, 6.07) is 8.33. The molecule has 0 spiro atoms. The summed E-state index contributed by atoms with van der Waals surface area (Å²) in [5, 5.41) is 3.20. The number of hydrogen-bond acceptors (Lipinski definition) is 2. The quantitative estimate of drug-likeness (QED) is 0.902. The molecule has 4 atom stereocenters. The molecule has 1 N–H and O–H groups in total. The maximum atomic E-state index is 12.3. The smallest absolute Gasteiger partial charge is 0.261 e. The summed E-state index contributed by atoms with van der Waals surface area (Å²) >= 11 is 0. The van der Waals surface area contributed by atoms with Gasteiger partial charge in [0.1, 0.15) is 5.75 Å². The molecule has 1 aromatic rings. The van der Waals surface area contributed by atoms with Gasteiger partial charge < -0.3 is 10.1 Å². The Hall–Kier alpha value is -1.51. The molecule has 3 heteroatoms. The van der Waals surface area contributed by atoms with Crippen molar-refractivity contribution in [3.63, 3.8) is 0 Å². The second-order valence-corrected chi connectivity index (χ2v) is 6.51. The molecule has 3 nitrogen and oxygen atoms in total. The highest BCUT2D eigenvalue weighted by molar-refractivity contribution is 5.81. The van der Waals surface area contributed by atoms with E-state index in [9.17, 15) is 4.79 Å². The SMILES string of the molecule is CCc1ccccc1O[C@H](C)C(=O)N[C@@H]1C[C@H]2CC[C@H]1C2. The lowest BCUT2D eigenvalue weighted by Crippen LogP contribution is -2.44. The predicted molar refractivity (Wildman–Crippen MR) is 83.3 cm³/mol. The Kier molecular flexibility index (Phi) is 4.18. The van der Waals surface area contributed by atoms with E-state index >= 15 is 0 Å². The van der Waals surface area contributed by atoms with Crippen molar-refractivity contribution in [2.75, 3.05) is 0 Å². The Morgan fingerprint density at radius 2 is 2.14 bits per heavy atom. The number of aryl methyl sites for hydroxylation is 1. The molecule has 2 fully saturated rings. The van der Waals surface area contributed by atoms with Crippen molar-refractivity contribution in [2.45, 2.75) is 58.1 Å². The van der Waals surface area contributed by atoms with Crippen molar-refractivity contribution >= 4 is 5.91 Å². The van der Waals surface area contributed by atoms with E-state index in [1.165, 1.54) is 19.3 Å². The third-order valence-corrected chi connectivity index (χ3v) is 5.09. The van der Waals surface area contributed by atoms with Crippen molar-refractivity contribution < 1.29 is 9.53 Å². The van der Waals surface area contributed by atoms with E-state index in [1.807, 2.05) is 25.1 Å². The standard InChI is InChI=1S/C18H25NO2/c1-3-14-6-4-5-7-17(14)21-12(2)18(20)19-16-11-13-8-9-15(16)10-13/h4-7,12-13,15-16H,3,8-11H2,1-2H3,(H,19,20)/t12-,13+,15+,16-/m1/s1. The van der Waals surface area contributed by atoms with Gasteiger partial charge >= 0.3 is 0 Å². The van der Waals surface area contributed by atoms with Crippen LogP contribution in [0.1, 0.15) is 45.1 Å². The number of ether oxygens (including phenoxy) is 1. The Labute approximate surface area is 127 Å². The topological polar surface area (TPSA) is 38.3 Å². The van der Waals surface area contributed by atoms with Crippen LogP contribution in [0.15, 0.2) is 24.3 Å². The molecule has 3 rings (SSSR count). The molecule has 0 aliphatic heterocycles. The van der Waals surface area contributed by atoms with Crippen LogP contribution in [0.2, 0.25) is 0 Å². The van der Waals surface area contributed by atoms with Gasteiger partial charge in [0.2, 0.25) is 0 Å². The third-order valence-electron chi connectivity index (χ3n) is 5.09. The van der Waals surface area contributed by atoms with Crippen LogP contribution >= 0.6 is 0 Å². The fourth-order valence-electron chi connectivity index (χ4n) is 3.88. The van der Waals surface area contributed by atoms with Crippen LogP contribution in [0.3, 0.4) is 0 Å². The van der Waals surface area contributed by atoms with Gasteiger partial charge in [0.15, 0.2) is 6.10 Å². The first-order valence-electron chi connectivity index (χ1n) is 8.22. The average molecular weight is 287 g/mol. The summed E-state index contributed by atoms with van der Waals surface area (Å²) in [6.07, 6.45) is 5.58. The van der Waals surface area contributed by atoms with Crippen LogP contribution in [0, 0.1) is 11.8 Å². The highest BCUT2D eigenvalue weighted by Crippen LogP contribution is 2.44. The van der Waals surface area contributed by atoms with E-state index in [1.54, 1.807) is 0 Å². The van der Waals surface area contributed by atoms with E-state index < -0.39 is 6.10 Å². The zero-order valence-corrected chi connectivity index (χ0v) is 13.0. The lowest BCUT2D eigenvalue weighted by atomic mass is 9.95. The zero-order chi connectivity index (χ0) is 14.8. The number of rotatable bonds is 5. The number of carbonyl (C=O) groups excluding carboxylic acids is 1. The zero-order valence-electron chi connectivity index (χ0n) is 13.0. The van der Waals surface area contributed by atoms with Crippen molar-refractivity contribution in [1.82, 2.24) is 5.32 Å². The molecule has 0 radical (unpaired) electrons. The highest BCUT2D eigenvalue weighted by Gasteiger charge is 2.40. The van der Waals surface area contributed by atoms with Crippen LogP contribution in [0.5, 0.6) is 5.75 Å². The number of nitrogens with one attached hydrogen (secondary N) is 1. The minimum absolute atomic E-state index is 0.0263. The van der Waals surface area contributed by atoms with Crippen molar-refractivity contribution in [3.05, 3.63) is 29.8 Å². The van der Waals surface area contributed by atoms with Crippen LogP contribution in [-0.2, 0) is 11.2 Å². The van der Waals surface area contributed by atoms with E-state index in [0.717, 1.165) is 30.1 Å². The third kappa shape index (κ3) is 3.07. The molecule has 2 saturated carbocycles. The number of fused-ring (bicyclic) bond motifs is 2. The molecule has 21 heavy (non-hydrogen) atoms. The fraction of sp³-hybridized carbons (Fsp3) is 0.611. The van der Waals surface area contributed by atoms with Crippen LogP contribution in [0.25, 0.3) is 0 Å². The Morgan fingerprint density at radius 3 is 2.81 bits per heavy atom. The number of amides is 1. The van der Waals surface area contributed by atoms with Crippen molar-refractivity contribution in [1.29, 1.82) is 0 Å². The minimum Gasteiger partial charge on any atom is -0.481 e. The van der Waals surface area contributed by atoms with E-state index in [2.05, 4.69) is 18.3 Å². The summed E-state index contributed by atoms with van der Waals surface area (Å²) < 4.78 is 5.88. The molecule has 0 saturated heterocycles. The van der Waals surface area contributed by atoms with E-state index in [-0.39, 0.29) is 5.91 Å². The monoisotopic (exact) mass is 287 g/mol. The summed E-state index contributed by atoms with van der Waals surface area (Å²) in [4.78, 5) is 12.3. The molecule has 1 aromatic carbocycles. The van der Waals surface area contributed by atoms with Crippen LogP contribution < -0.4 is 10.1 Å². The predicted octanol–water partition coefficient (Wildman–Crippen LogP) is 3.32. The number of hydrogen-bond donors (Lipinski definition) is 1. The van der Waals surface area contributed by atoms with Gasteiger partial charge in [-0.15, -0.1) is 0 Å². The Bertz CT molecular complexity index is 514. The van der Waals surface area contributed by atoms with Gasteiger partial charge in [-0.25, -0.2) is 0 Å². The van der Waals surface area contributed by atoms with Crippen LogP contribution in [0.4, 0.5) is 0 Å². The number of para-hydroxylation sites is 1. The Balaban J connectivity index is 1.57. The molecule has 1 amide bonds. The molecule has 2 aliphatic rings. The lowest BCUT2D eigenvalue weighted by molar-refractivity contribution is -0.128. The molecular weight excluding hydrogens is 262 g/mol. The normalized spacial score (nSPS) is 28.4. The number of benzene rings is 1. The largest absolute Gasteiger partial charge is 0.481 e. The summed E-state index contributed by atoms with van der Waals surface area (Å²) in [5.74, 6) is 2.40. The van der Waals surface area contributed by atoms with Crippen molar-refractivity contribution in [3.8, 4) is 5.75 Å². The molecule has 114 valence electrons. The molecule has 2 aliphatic carbocycles. The first-order valence-corrected chi connectivity index (χ1v) is 8.22. The van der Waals surface area contributed by atoms with E-state index in [0.29, 0.717) is 12.0 Å². The second-order valence-electron chi connectivity index (χ2n) is 6.51. The molecule has 2 bridgehead atoms. The van der Waals surface area contributed by atoms with Gasteiger partial charge in [-0.2, -0.15) is 0 Å². The molecule has 0 aromatic heterocycles. The summed E-state index contributed by atoms with van der Waals surface area (Å²) in [6.45, 7) is 3.94. The van der Waals surface area contributed by atoms with Gasteiger partial charge in [0.25, 0.3) is 5.91 Å². The van der Waals surface area contributed by atoms with Gasteiger partial charge in [0.05, 0.1) is 0 Å². The molecule has 0 unspecified atom stereocenters. The highest BCUT2D eigenvalue weighted by atomic mass is 16.5. The maximum absolute atomic E-state index is 12.3. The van der Waals surface area contributed by atoms with Gasteiger partial charge in [-0.1, -0.05) is 31.5 Å². The minimum atomic E-state index is -0.433. The average Bonchev–Trinajstić information content (AvgIpc) is 3.10. The molecular formula is C18H25NO2. The van der Waals surface area contributed by atoms with Gasteiger partial charge in [-0.05, 0) is 56.1 Å².